The molecule has 0 aromatic heterocycles. The molecule has 2 N–H and O–H groups in total. The number of nitrogens with one attached hydrogen (secondary N) is 1. The standard InChI is InChI=1S/C10H15F3N2O2/c1-8(17)5-15(6-8)7(16)9(10(11,12)13)2-3-14-4-9/h14,17H,2-6H2,1H3. The molecule has 2 heterocycles. The zero-order chi connectivity index (χ0) is 12.9. The van der Waals surface area contributed by atoms with E-state index in [0.29, 0.717) is 0 Å². The third-order valence-corrected chi connectivity index (χ3v) is 3.46. The summed E-state index contributed by atoms with van der Waals surface area (Å²) in [6.45, 7) is 1.28. The Labute approximate surface area is 96.8 Å². The molecular formula is C10H15F3N2O2. The SMILES string of the molecule is CC1(O)CN(C(=O)C2(C(F)(F)F)CCNC2)C1. The lowest BCUT2D eigenvalue weighted by Gasteiger charge is -2.47. The number of alkyl halides is 3. The largest absolute Gasteiger partial charge is 0.404 e. The fraction of sp³-hybridized carbons (Fsp3) is 0.900. The number of aliphatic hydroxyl groups is 1. The number of likely N-dealkylation sites (tertiary alicyclic amines) is 1. The number of nitrogens with zero attached hydrogens (tertiary/aromatic N) is 1. The highest BCUT2D eigenvalue weighted by molar-refractivity contribution is 5.85. The Morgan fingerprint density at radius 1 is 1.41 bits per heavy atom. The van der Waals surface area contributed by atoms with Gasteiger partial charge in [0.1, 0.15) is 0 Å². The number of amides is 1. The van der Waals surface area contributed by atoms with Crippen molar-refractivity contribution in [3.8, 4) is 0 Å². The van der Waals surface area contributed by atoms with Crippen molar-refractivity contribution in [3.05, 3.63) is 0 Å². The first-order chi connectivity index (χ1) is 7.68. The molecule has 98 valence electrons. The van der Waals surface area contributed by atoms with Crippen molar-refractivity contribution in [3.63, 3.8) is 0 Å². The van der Waals surface area contributed by atoms with Gasteiger partial charge < -0.3 is 15.3 Å². The molecule has 0 aliphatic carbocycles. The van der Waals surface area contributed by atoms with Crippen molar-refractivity contribution in [2.75, 3.05) is 26.2 Å². The van der Waals surface area contributed by atoms with Gasteiger partial charge in [-0.2, -0.15) is 13.2 Å². The number of hydrogen-bond donors (Lipinski definition) is 2. The van der Waals surface area contributed by atoms with Crippen molar-refractivity contribution in [2.24, 2.45) is 5.41 Å². The average molecular weight is 252 g/mol. The summed E-state index contributed by atoms with van der Waals surface area (Å²) in [7, 11) is 0. The number of carbonyl (C=O) groups is 1. The molecule has 2 saturated heterocycles. The number of rotatable bonds is 1. The minimum Gasteiger partial charge on any atom is -0.386 e. The van der Waals surface area contributed by atoms with Crippen LogP contribution in [0, 0.1) is 5.41 Å². The molecule has 0 radical (unpaired) electrons. The van der Waals surface area contributed by atoms with Gasteiger partial charge in [-0.1, -0.05) is 0 Å². The number of carbonyl (C=O) groups excluding carboxylic acids is 1. The Balaban J connectivity index is 2.16. The van der Waals surface area contributed by atoms with E-state index < -0.39 is 23.1 Å². The molecule has 2 aliphatic rings. The lowest BCUT2D eigenvalue weighted by Crippen LogP contribution is -2.66. The Hall–Kier alpha value is -0.820. The van der Waals surface area contributed by atoms with Gasteiger partial charge in [-0.15, -0.1) is 0 Å². The number of halogens is 3. The molecule has 17 heavy (non-hydrogen) atoms. The van der Waals surface area contributed by atoms with Crippen LogP contribution in [0.3, 0.4) is 0 Å². The van der Waals surface area contributed by atoms with Gasteiger partial charge in [0, 0.05) is 6.54 Å². The molecule has 7 heteroatoms. The van der Waals surface area contributed by atoms with Gasteiger partial charge in [0.05, 0.1) is 18.7 Å². The zero-order valence-electron chi connectivity index (χ0n) is 9.47. The molecule has 0 aromatic rings. The predicted molar refractivity (Wildman–Crippen MR) is 53.2 cm³/mol. The van der Waals surface area contributed by atoms with Crippen molar-refractivity contribution >= 4 is 5.91 Å². The molecule has 2 aliphatic heterocycles. The summed E-state index contributed by atoms with van der Waals surface area (Å²) in [6, 6.07) is 0. The van der Waals surface area contributed by atoms with Gasteiger partial charge in [0.2, 0.25) is 5.91 Å². The predicted octanol–water partition coefficient (Wildman–Crippen LogP) is 0.122. The minimum absolute atomic E-state index is 0.0241. The van der Waals surface area contributed by atoms with Crippen molar-refractivity contribution in [1.29, 1.82) is 0 Å². The molecule has 0 bridgehead atoms. The van der Waals surface area contributed by atoms with E-state index in [2.05, 4.69) is 5.32 Å². The zero-order valence-corrected chi connectivity index (χ0v) is 9.47. The Morgan fingerprint density at radius 2 is 2.00 bits per heavy atom. The van der Waals surface area contributed by atoms with Crippen LogP contribution in [0.4, 0.5) is 13.2 Å². The first-order valence-corrected chi connectivity index (χ1v) is 5.47. The second-order valence-corrected chi connectivity index (χ2v) is 5.16. The average Bonchev–Trinajstić information content (AvgIpc) is 2.61. The van der Waals surface area contributed by atoms with Crippen LogP contribution >= 0.6 is 0 Å². The van der Waals surface area contributed by atoms with Crippen LogP contribution in [0.25, 0.3) is 0 Å². The molecule has 0 saturated carbocycles. The second kappa shape index (κ2) is 3.58. The summed E-state index contributed by atoms with van der Waals surface area (Å²) in [4.78, 5) is 13.0. The lowest BCUT2D eigenvalue weighted by atomic mass is 9.82. The van der Waals surface area contributed by atoms with Crippen LogP contribution < -0.4 is 5.32 Å². The molecule has 1 unspecified atom stereocenters. The Bertz CT molecular complexity index is 327. The first-order valence-electron chi connectivity index (χ1n) is 5.47. The maximum Gasteiger partial charge on any atom is 0.404 e. The topological polar surface area (TPSA) is 52.6 Å². The van der Waals surface area contributed by atoms with E-state index in [1.54, 1.807) is 0 Å². The van der Waals surface area contributed by atoms with E-state index in [9.17, 15) is 23.1 Å². The molecule has 1 amide bonds. The van der Waals surface area contributed by atoms with Gasteiger partial charge >= 0.3 is 6.18 Å². The third kappa shape index (κ3) is 1.91. The van der Waals surface area contributed by atoms with E-state index in [0.717, 1.165) is 4.90 Å². The van der Waals surface area contributed by atoms with Crippen molar-refractivity contribution < 1.29 is 23.1 Å². The molecule has 4 nitrogen and oxygen atoms in total. The summed E-state index contributed by atoms with van der Waals surface area (Å²) in [5.74, 6) is -0.915. The Kier molecular flexibility index (Phi) is 2.66. The summed E-state index contributed by atoms with van der Waals surface area (Å²) >= 11 is 0. The highest BCUT2D eigenvalue weighted by Gasteiger charge is 2.63. The third-order valence-electron chi connectivity index (χ3n) is 3.46. The van der Waals surface area contributed by atoms with Gasteiger partial charge in [-0.25, -0.2) is 0 Å². The second-order valence-electron chi connectivity index (χ2n) is 5.16. The summed E-state index contributed by atoms with van der Waals surface area (Å²) < 4.78 is 39.1. The van der Waals surface area contributed by atoms with Crippen LogP contribution in [0.2, 0.25) is 0 Å². The normalized spacial score (nSPS) is 32.4. The fourth-order valence-electron chi connectivity index (χ4n) is 2.46. The van der Waals surface area contributed by atoms with Crippen LogP contribution in [-0.2, 0) is 4.79 Å². The summed E-state index contributed by atoms with van der Waals surface area (Å²) in [6.07, 6.45) is -4.77. The maximum absolute atomic E-state index is 13.0. The molecule has 1 atom stereocenters. The van der Waals surface area contributed by atoms with Crippen LogP contribution in [0.1, 0.15) is 13.3 Å². The fourth-order valence-corrected chi connectivity index (χ4v) is 2.46. The van der Waals surface area contributed by atoms with Gasteiger partial charge in [-0.05, 0) is 19.9 Å². The van der Waals surface area contributed by atoms with E-state index in [1.807, 2.05) is 0 Å². The van der Waals surface area contributed by atoms with E-state index in [4.69, 9.17) is 0 Å². The molecule has 2 fully saturated rings. The van der Waals surface area contributed by atoms with Crippen LogP contribution in [0.5, 0.6) is 0 Å². The number of hydrogen-bond acceptors (Lipinski definition) is 3. The Morgan fingerprint density at radius 3 is 2.35 bits per heavy atom. The first kappa shape index (κ1) is 12.6. The van der Waals surface area contributed by atoms with Gasteiger partial charge in [0.25, 0.3) is 0 Å². The summed E-state index contributed by atoms with van der Waals surface area (Å²) in [5.41, 5.74) is -3.35. The van der Waals surface area contributed by atoms with Crippen molar-refractivity contribution in [2.45, 2.75) is 25.1 Å². The lowest BCUT2D eigenvalue weighted by molar-refractivity contribution is -0.229. The molecule has 0 spiro atoms. The van der Waals surface area contributed by atoms with E-state index >= 15 is 0 Å². The van der Waals surface area contributed by atoms with E-state index in [1.165, 1.54) is 6.92 Å². The minimum atomic E-state index is -4.55. The number of β-amino-alcohol motifs (C(OH)–C–C–N with tert-alkyl or cyclic N) is 1. The van der Waals surface area contributed by atoms with Crippen molar-refractivity contribution in [1.82, 2.24) is 10.2 Å². The summed E-state index contributed by atoms with van der Waals surface area (Å²) in [5, 5.41) is 12.1. The molecular weight excluding hydrogens is 237 g/mol. The van der Waals surface area contributed by atoms with Gasteiger partial charge in [-0.3, -0.25) is 4.79 Å². The highest BCUT2D eigenvalue weighted by Crippen LogP contribution is 2.45. The molecule has 2 rings (SSSR count). The monoisotopic (exact) mass is 252 g/mol. The van der Waals surface area contributed by atoms with Crippen LogP contribution in [0.15, 0.2) is 0 Å². The van der Waals surface area contributed by atoms with E-state index in [-0.39, 0.29) is 32.6 Å². The molecule has 0 aromatic carbocycles. The maximum atomic E-state index is 13.0. The quantitative estimate of drug-likeness (QED) is 0.697. The van der Waals surface area contributed by atoms with Crippen LogP contribution in [-0.4, -0.2) is 53.9 Å². The smallest absolute Gasteiger partial charge is 0.386 e. The van der Waals surface area contributed by atoms with Gasteiger partial charge in [0.15, 0.2) is 5.41 Å². The highest BCUT2D eigenvalue weighted by atomic mass is 19.4.